The Morgan fingerprint density at radius 1 is 1.25 bits per heavy atom. The van der Waals surface area contributed by atoms with E-state index in [2.05, 4.69) is 10.3 Å². The van der Waals surface area contributed by atoms with E-state index in [0.29, 0.717) is 12.4 Å². The Kier molecular flexibility index (Phi) is 5.12. The highest BCUT2D eigenvalue weighted by Crippen LogP contribution is 2.35. The van der Waals surface area contributed by atoms with Crippen LogP contribution in [-0.4, -0.2) is 31.2 Å². The molecule has 1 atom stereocenters. The summed E-state index contributed by atoms with van der Waals surface area (Å²) in [6.45, 7) is 2.77. The SMILES string of the molecule is COCC(=O)N1CCc2c(NC(C)c3ncc(-c4ccccc4)o3)cccc21. The maximum absolute atomic E-state index is 12.3. The zero-order valence-electron chi connectivity index (χ0n) is 16.0. The van der Waals surface area contributed by atoms with Gasteiger partial charge in [0.05, 0.1) is 6.20 Å². The number of amides is 1. The normalized spacial score (nSPS) is 14.0. The minimum atomic E-state index is -0.104. The van der Waals surface area contributed by atoms with Crippen LogP contribution in [0.1, 0.15) is 24.4 Å². The third-order valence-corrected chi connectivity index (χ3v) is 4.92. The first-order valence-corrected chi connectivity index (χ1v) is 9.36. The van der Waals surface area contributed by atoms with Crippen molar-refractivity contribution in [2.24, 2.45) is 0 Å². The van der Waals surface area contributed by atoms with Gasteiger partial charge in [-0.1, -0.05) is 36.4 Å². The van der Waals surface area contributed by atoms with Crippen molar-refractivity contribution in [2.75, 3.05) is 30.5 Å². The second-order valence-corrected chi connectivity index (χ2v) is 6.83. The standard InChI is InChI=1S/C22H23N3O3/c1-15(22-23-13-20(28-22)16-7-4-3-5-8-16)24-18-9-6-10-19-17(18)11-12-25(19)21(26)14-27-2/h3-10,13,15,24H,11-12,14H2,1-2H3. The first kappa shape index (κ1) is 18.3. The minimum absolute atomic E-state index is 0.0216. The van der Waals surface area contributed by atoms with Gasteiger partial charge in [0.1, 0.15) is 12.6 Å². The topological polar surface area (TPSA) is 67.6 Å². The summed E-state index contributed by atoms with van der Waals surface area (Å²) in [7, 11) is 1.54. The Bertz CT molecular complexity index is 968. The van der Waals surface area contributed by atoms with E-state index in [9.17, 15) is 4.79 Å². The summed E-state index contributed by atoms with van der Waals surface area (Å²) in [5.74, 6) is 1.35. The molecule has 0 saturated carbocycles. The monoisotopic (exact) mass is 377 g/mol. The van der Waals surface area contributed by atoms with Crippen molar-refractivity contribution in [1.29, 1.82) is 0 Å². The molecule has 4 rings (SSSR count). The highest BCUT2D eigenvalue weighted by Gasteiger charge is 2.27. The van der Waals surface area contributed by atoms with Gasteiger partial charge in [0.15, 0.2) is 5.76 Å². The summed E-state index contributed by atoms with van der Waals surface area (Å²) in [5, 5.41) is 3.49. The van der Waals surface area contributed by atoms with Crippen LogP contribution in [0, 0.1) is 0 Å². The van der Waals surface area contributed by atoms with Gasteiger partial charge in [-0.15, -0.1) is 0 Å². The molecule has 6 heteroatoms. The van der Waals surface area contributed by atoms with Crippen molar-refractivity contribution >= 4 is 17.3 Å². The lowest BCUT2D eigenvalue weighted by Gasteiger charge is -2.19. The van der Waals surface area contributed by atoms with E-state index in [4.69, 9.17) is 9.15 Å². The van der Waals surface area contributed by atoms with Crippen LogP contribution in [0.5, 0.6) is 0 Å². The summed E-state index contributed by atoms with van der Waals surface area (Å²) < 4.78 is 11.0. The zero-order chi connectivity index (χ0) is 19.5. The molecule has 28 heavy (non-hydrogen) atoms. The van der Waals surface area contributed by atoms with Gasteiger partial charge < -0.3 is 19.4 Å². The highest BCUT2D eigenvalue weighted by molar-refractivity contribution is 5.97. The largest absolute Gasteiger partial charge is 0.438 e. The molecule has 1 aliphatic rings. The third kappa shape index (κ3) is 3.51. The average molecular weight is 377 g/mol. The van der Waals surface area contributed by atoms with E-state index in [-0.39, 0.29) is 18.6 Å². The Labute approximate surface area is 164 Å². The fraction of sp³-hybridized carbons (Fsp3) is 0.273. The van der Waals surface area contributed by atoms with Crippen molar-refractivity contribution < 1.29 is 13.9 Å². The predicted octanol–water partition coefficient (Wildman–Crippen LogP) is 4.05. The van der Waals surface area contributed by atoms with Crippen molar-refractivity contribution in [3.05, 3.63) is 66.2 Å². The van der Waals surface area contributed by atoms with Gasteiger partial charge >= 0.3 is 0 Å². The molecular formula is C22H23N3O3. The lowest BCUT2D eigenvalue weighted by Crippen LogP contribution is -2.31. The second kappa shape index (κ2) is 7.86. The van der Waals surface area contributed by atoms with Gasteiger partial charge in [0.2, 0.25) is 5.89 Å². The molecule has 0 bridgehead atoms. The molecule has 1 amide bonds. The van der Waals surface area contributed by atoms with Crippen molar-refractivity contribution in [2.45, 2.75) is 19.4 Å². The lowest BCUT2D eigenvalue weighted by molar-refractivity contribution is -0.122. The van der Waals surface area contributed by atoms with E-state index in [1.165, 1.54) is 7.11 Å². The summed E-state index contributed by atoms with van der Waals surface area (Å²) in [5.41, 5.74) is 4.07. The average Bonchev–Trinajstić information content (AvgIpc) is 3.37. The van der Waals surface area contributed by atoms with Gasteiger partial charge in [-0.3, -0.25) is 4.79 Å². The van der Waals surface area contributed by atoms with Gasteiger partial charge in [-0.2, -0.15) is 0 Å². The minimum Gasteiger partial charge on any atom is -0.438 e. The number of nitrogens with zero attached hydrogens (tertiary/aromatic N) is 2. The number of fused-ring (bicyclic) bond motifs is 1. The molecule has 144 valence electrons. The molecule has 6 nitrogen and oxygen atoms in total. The van der Waals surface area contributed by atoms with Crippen LogP contribution in [-0.2, 0) is 16.0 Å². The molecule has 0 fully saturated rings. The summed E-state index contributed by atoms with van der Waals surface area (Å²) in [6, 6.07) is 15.8. The van der Waals surface area contributed by atoms with Gasteiger partial charge in [-0.25, -0.2) is 4.98 Å². The van der Waals surface area contributed by atoms with Crippen LogP contribution in [0.3, 0.4) is 0 Å². The summed E-state index contributed by atoms with van der Waals surface area (Å²) in [6.07, 6.45) is 2.56. The van der Waals surface area contributed by atoms with Gasteiger partial charge in [-0.05, 0) is 25.5 Å². The molecule has 0 saturated heterocycles. The first-order chi connectivity index (χ1) is 13.7. The molecule has 2 heterocycles. The highest BCUT2D eigenvalue weighted by atomic mass is 16.5. The molecule has 0 spiro atoms. The molecule has 0 radical (unpaired) electrons. The first-order valence-electron chi connectivity index (χ1n) is 9.36. The molecule has 1 aromatic heterocycles. The summed E-state index contributed by atoms with van der Waals surface area (Å²) in [4.78, 5) is 18.5. The second-order valence-electron chi connectivity index (χ2n) is 6.83. The number of hydrogen-bond acceptors (Lipinski definition) is 5. The van der Waals surface area contributed by atoms with E-state index < -0.39 is 0 Å². The number of rotatable bonds is 6. The van der Waals surface area contributed by atoms with Gasteiger partial charge in [0, 0.05) is 36.2 Å². The van der Waals surface area contributed by atoms with Crippen LogP contribution in [0.15, 0.2) is 59.1 Å². The van der Waals surface area contributed by atoms with Gasteiger partial charge in [0.25, 0.3) is 5.91 Å². The van der Waals surface area contributed by atoms with Crippen molar-refractivity contribution in [1.82, 2.24) is 4.98 Å². The summed E-state index contributed by atoms with van der Waals surface area (Å²) >= 11 is 0. The van der Waals surface area contributed by atoms with E-state index in [1.807, 2.05) is 55.5 Å². The number of nitrogens with one attached hydrogen (secondary N) is 1. The lowest BCUT2D eigenvalue weighted by atomic mass is 10.1. The Hall–Kier alpha value is -3.12. The van der Waals surface area contributed by atoms with E-state index in [0.717, 1.165) is 34.7 Å². The molecule has 0 aliphatic carbocycles. The number of methoxy groups -OCH3 is 1. The van der Waals surface area contributed by atoms with Crippen LogP contribution in [0.2, 0.25) is 0 Å². The number of ether oxygens (including phenoxy) is 1. The fourth-order valence-electron chi connectivity index (χ4n) is 3.55. The molecule has 2 aromatic carbocycles. The third-order valence-electron chi connectivity index (χ3n) is 4.92. The number of aromatic nitrogens is 1. The Balaban J connectivity index is 1.53. The van der Waals surface area contributed by atoms with E-state index in [1.54, 1.807) is 11.1 Å². The molecule has 1 aliphatic heterocycles. The number of carbonyl (C=O) groups is 1. The quantitative estimate of drug-likeness (QED) is 0.702. The van der Waals surface area contributed by atoms with Crippen molar-refractivity contribution in [3.8, 4) is 11.3 Å². The maximum Gasteiger partial charge on any atom is 0.252 e. The number of benzene rings is 2. The number of hydrogen-bond donors (Lipinski definition) is 1. The van der Waals surface area contributed by atoms with Crippen LogP contribution in [0.25, 0.3) is 11.3 Å². The molecule has 1 unspecified atom stereocenters. The van der Waals surface area contributed by atoms with Crippen LogP contribution in [0.4, 0.5) is 11.4 Å². The Morgan fingerprint density at radius 3 is 2.86 bits per heavy atom. The maximum atomic E-state index is 12.3. The number of anilines is 2. The van der Waals surface area contributed by atoms with Crippen LogP contribution >= 0.6 is 0 Å². The molecular weight excluding hydrogens is 354 g/mol. The fourth-order valence-corrected chi connectivity index (χ4v) is 3.55. The predicted molar refractivity (Wildman–Crippen MR) is 108 cm³/mol. The van der Waals surface area contributed by atoms with Crippen LogP contribution < -0.4 is 10.2 Å². The molecule has 1 N–H and O–H groups in total. The molecule has 3 aromatic rings. The zero-order valence-corrected chi connectivity index (χ0v) is 16.0. The Morgan fingerprint density at radius 2 is 2.07 bits per heavy atom. The smallest absolute Gasteiger partial charge is 0.252 e. The van der Waals surface area contributed by atoms with E-state index >= 15 is 0 Å². The van der Waals surface area contributed by atoms with Crippen molar-refractivity contribution in [3.63, 3.8) is 0 Å². The number of oxazole rings is 1. The number of carbonyl (C=O) groups excluding carboxylic acids is 1.